The predicted molar refractivity (Wildman–Crippen MR) is 66.7 cm³/mol. The van der Waals surface area contributed by atoms with Crippen molar-refractivity contribution < 1.29 is 9.47 Å². The molecule has 0 heterocycles. The van der Waals surface area contributed by atoms with Gasteiger partial charge in [-0.2, -0.15) is 0 Å². The molecular weight excluding hydrogens is 202 g/mol. The van der Waals surface area contributed by atoms with Crippen LogP contribution in [0.25, 0.3) is 0 Å². The van der Waals surface area contributed by atoms with Crippen molar-refractivity contribution in [3.8, 4) is 0 Å². The Hall–Kier alpha value is -0.120. The van der Waals surface area contributed by atoms with Gasteiger partial charge in [0, 0.05) is 25.1 Å². The Morgan fingerprint density at radius 1 is 1.31 bits per heavy atom. The van der Waals surface area contributed by atoms with E-state index >= 15 is 0 Å². The minimum absolute atomic E-state index is 0.0174. The van der Waals surface area contributed by atoms with Gasteiger partial charge in [0.25, 0.3) is 0 Å². The first-order valence-corrected chi connectivity index (χ1v) is 6.23. The van der Waals surface area contributed by atoms with Crippen LogP contribution in [0.4, 0.5) is 0 Å². The highest BCUT2D eigenvalue weighted by molar-refractivity contribution is 5.11. The van der Waals surface area contributed by atoms with Crippen molar-refractivity contribution >= 4 is 0 Å². The smallest absolute Gasteiger partial charge is 0.0731 e. The quantitative estimate of drug-likeness (QED) is 0.708. The second-order valence-electron chi connectivity index (χ2n) is 5.79. The molecule has 1 aliphatic rings. The van der Waals surface area contributed by atoms with Gasteiger partial charge in [-0.15, -0.1) is 0 Å². The number of hydrogen-bond donors (Lipinski definition) is 1. The molecule has 3 nitrogen and oxygen atoms in total. The van der Waals surface area contributed by atoms with Gasteiger partial charge in [0.15, 0.2) is 0 Å². The van der Waals surface area contributed by atoms with Crippen LogP contribution in [0, 0.1) is 5.41 Å². The van der Waals surface area contributed by atoms with Gasteiger partial charge in [-0.25, -0.2) is 0 Å². The van der Waals surface area contributed by atoms with E-state index in [1.54, 1.807) is 7.11 Å². The zero-order chi connectivity index (χ0) is 12.4. The normalized spacial score (nSPS) is 32.8. The lowest BCUT2D eigenvalue weighted by Gasteiger charge is -2.59. The van der Waals surface area contributed by atoms with Gasteiger partial charge in [-0.3, -0.25) is 0 Å². The fourth-order valence-corrected chi connectivity index (χ4v) is 2.35. The Kier molecular flexibility index (Phi) is 4.38. The lowest BCUT2D eigenvalue weighted by atomic mass is 9.56. The molecule has 0 bridgehead atoms. The summed E-state index contributed by atoms with van der Waals surface area (Å²) in [6.07, 6.45) is 1.40. The van der Waals surface area contributed by atoms with Crippen molar-refractivity contribution in [3.05, 3.63) is 0 Å². The molecule has 96 valence electrons. The molecule has 0 spiro atoms. The maximum atomic E-state index is 5.59. The molecule has 1 rings (SSSR count). The van der Waals surface area contributed by atoms with Gasteiger partial charge < -0.3 is 14.8 Å². The number of methoxy groups -OCH3 is 1. The summed E-state index contributed by atoms with van der Waals surface area (Å²) in [5.41, 5.74) is 0.211. The molecule has 0 aromatic carbocycles. The van der Waals surface area contributed by atoms with E-state index in [-0.39, 0.29) is 11.0 Å². The fraction of sp³-hybridized carbons (Fsp3) is 1.00. The van der Waals surface area contributed by atoms with E-state index in [9.17, 15) is 0 Å². The Labute approximate surface area is 99.9 Å². The summed E-state index contributed by atoms with van der Waals surface area (Å²) < 4.78 is 11.1. The molecule has 0 saturated heterocycles. The van der Waals surface area contributed by atoms with Crippen LogP contribution in [0.3, 0.4) is 0 Å². The predicted octanol–water partition coefficient (Wildman–Crippen LogP) is 2.20. The molecule has 3 heteroatoms. The van der Waals surface area contributed by atoms with Gasteiger partial charge >= 0.3 is 0 Å². The summed E-state index contributed by atoms with van der Waals surface area (Å²) in [6.45, 7) is 12.6. The molecule has 0 radical (unpaired) electrons. The zero-order valence-corrected chi connectivity index (χ0v) is 11.6. The first-order chi connectivity index (χ1) is 7.33. The number of nitrogens with one attached hydrogen (secondary N) is 1. The molecule has 0 aromatic heterocycles. The average Bonchev–Trinajstić information content (AvgIpc) is 2.21. The molecule has 0 amide bonds. The van der Waals surface area contributed by atoms with Gasteiger partial charge in [0.1, 0.15) is 0 Å². The van der Waals surface area contributed by atoms with Crippen molar-refractivity contribution in [1.82, 2.24) is 5.32 Å². The highest BCUT2D eigenvalue weighted by atomic mass is 16.5. The van der Waals surface area contributed by atoms with E-state index < -0.39 is 0 Å². The minimum atomic E-state index is 0.0174. The van der Waals surface area contributed by atoms with Crippen molar-refractivity contribution in [2.24, 2.45) is 5.41 Å². The van der Waals surface area contributed by atoms with Gasteiger partial charge in [-0.1, -0.05) is 13.8 Å². The Bertz CT molecular complexity index is 228. The lowest BCUT2D eigenvalue weighted by molar-refractivity contribution is -0.180. The maximum absolute atomic E-state index is 5.59. The molecular formula is C13H27NO2. The third-order valence-corrected chi connectivity index (χ3v) is 4.22. The third kappa shape index (κ3) is 2.58. The van der Waals surface area contributed by atoms with Crippen molar-refractivity contribution in [2.75, 3.05) is 20.3 Å². The van der Waals surface area contributed by atoms with Crippen LogP contribution < -0.4 is 5.32 Å². The van der Waals surface area contributed by atoms with E-state index in [4.69, 9.17) is 9.47 Å². The fourth-order valence-electron chi connectivity index (χ4n) is 2.35. The zero-order valence-electron chi connectivity index (χ0n) is 11.6. The Balaban J connectivity index is 2.26. The van der Waals surface area contributed by atoms with Crippen LogP contribution in [0.5, 0.6) is 0 Å². The summed E-state index contributed by atoms with van der Waals surface area (Å²) in [7, 11) is 1.81. The summed E-state index contributed by atoms with van der Waals surface area (Å²) in [5.74, 6) is 0. The molecule has 0 aliphatic heterocycles. The second kappa shape index (κ2) is 5.03. The highest BCUT2D eigenvalue weighted by Gasteiger charge is 2.57. The average molecular weight is 229 g/mol. The van der Waals surface area contributed by atoms with Gasteiger partial charge in [-0.05, 0) is 27.2 Å². The third-order valence-electron chi connectivity index (χ3n) is 4.22. The Morgan fingerprint density at radius 2 is 1.94 bits per heavy atom. The standard InChI is InChI=1S/C13H27NO2/c1-10(2)16-8-7-14-11-9-13(5,15-6)12(11,3)4/h10-11,14H,7-9H2,1-6H3. The van der Waals surface area contributed by atoms with Crippen molar-refractivity contribution in [2.45, 2.75) is 58.8 Å². The van der Waals surface area contributed by atoms with E-state index in [1.165, 1.54) is 0 Å². The SMILES string of the molecule is COC1(C)CC(NCCOC(C)C)C1(C)C. The molecule has 1 fully saturated rings. The Morgan fingerprint density at radius 3 is 2.38 bits per heavy atom. The van der Waals surface area contributed by atoms with Crippen LogP contribution in [0.2, 0.25) is 0 Å². The van der Waals surface area contributed by atoms with E-state index in [1.807, 2.05) is 0 Å². The second-order valence-corrected chi connectivity index (χ2v) is 5.79. The topological polar surface area (TPSA) is 30.5 Å². The molecule has 1 N–H and O–H groups in total. The maximum Gasteiger partial charge on any atom is 0.0731 e. The first-order valence-electron chi connectivity index (χ1n) is 6.23. The van der Waals surface area contributed by atoms with Crippen LogP contribution >= 0.6 is 0 Å². The molecule has 1 saturated carbocycles. The molecule has 1 aliphatic carbocycles. The van der Waals surface area contributed by atoms with Crippen LogP contribution in [-0.4, -0.2) is 38.0 Å². The van der Waals surface area contributed by atoms with Gasteiger partial charge in [0.2, 0.25) is 0 Å². The number of ether oxygens (including phenoxy) is 2. The minimum Gasteiger partial charge on any atom is -0.378 e. The number of hydrogen-bond acceptors (Lipinski definition) is 3. The molecule has 2 atom stereocenters. The van der Waals surface area contributed by atoms with E-state index in [0.29, 0.717) is 12.1 Å². The highest BCUT2D eigenvalue weighted by Crippen LogP contribution is 2.51. The summed E-state index contributed by atoms with van der Waals surface area (Å²) in [5, 5.41) is 3.55. The van der Waals surface area contributed by atoms with E-state index in [0.717, 1.165) is 19.6 Å². The van der Waals surface area contributed by atoms with E-state index in [2.05, 4.69) is 39.9 Å². The van der Waals surface area contributed by atoms with Crippen LogP contribution in [0.1, 0.15) is 41.0 Å². The molecule has 16 heavy (non-hydrogen) atoms. The lowest BCUT2D eigenvalue weighted by Crippen LogP contribution is -2.68. The van der Waals surface area contributed by atoms with Crippen LogP contribution in [-0.2, 0) is 9.47 Å². The summed E-state index contributed by atoms with van der Waals surface area (Å²) in [6, 6.07) is 0.535. The van der Waals surface area contributed by atoms with Crippen molar-refractivity contribution in [3.63, 3.8) is 0 Å². The van der Waals surface area contributed by atoms with Crippen molar-refractivity contribution in [1.29, 1.82) is 0 Å². The van der Waals surface area contributed by atoms with Crippen LogP contribution in [0.15, 0.2) is 0 Å². The monoisotopic (exact) mass is 229 g/mol. The first kappa shape index (κ1) is 13.9. The summed E-state index contributed by atoms with van der Waals surface area (Å²) >= 11 is 0. The molecule has 0 aromatic rings. The number of rotatable bonds is 6. The summed E-state index contributed by atoms with van der Waals surface area (Å²) in [4.78, 5) is 0. The van der Waals surface area contributed by atoms with Gasteiger partial charge in [0.05, 0.1) is 18.3 Å². The molecule has 2 unspecified atom stereocenters. The largest absolute Gasteiger partial charge is 0.378 e.